The van der Waals surface area contributed by atoms with E-state index in [0.717, 1.165) is 24.5 Å². The molecule has 0 aliphatic carbocycles. The van der Waals surface area contributed by atoms with Crippen LogP contribution in [0.25, 0.3) is 5.57 Å². The Morgan fingerprint density at radius 3 is 2.67 bits per heavy atom. The Bertz CT molecular complexity index is 622. The highest BCUT2D eigenvalue weighted by Gasteiger charge is 2.38. The van der Waals surface area contributed by atoms with Crippen molar-refractivity contribution in [1.29, 1.82) is 0 Å². The van der Waals surface area contributed by atoms with Crippen LogP contribution >= 0.6 is 0 Å². The van der Waals surface area contributed by atoms with Gasteiger partial charge >= 0.3 is 6.18 Å². The highest BCUT2D eigenvalue weighted by Crippen LogP contribution is 2.42. The molecule has 2 bridgehead atoms. The molecule has 2 aliphatic heterocycles. The largest absolute Gasteiger partial charge is 0.496 e. The summed E-state index contributed by atoms with van der Waals surface area (Å²) in [5, 5.41) is 0.0848. The number of halogens is 3. The van der Waals surface area contributed by atoms with Gasteiger partial charge in [-0.3, -0.25) is 4.21 Å². The topological polar surface area (TPSA) is 26.3 Å². The molecule has 114 valence electrons. The lowest BCUT2D eigenvalue weighted by Gasteiger charge is -2.21. The van der Waals surface area contributed by atoms with Gasteiger partial charge in [0, 0.05) is 16.0 Å². The van der Waals surface area contributed by atoms with E-state index >= 15 is 0 Å². The number of methoxy groups -OCH3 is 1. The standard InChI is InChI=1S/C15H15F3O2S/c1-20-14-5-2-9(8-13(14)15(16,17)18)10-6-11-3-4-12(7-10)21(11)19/h2,5-6,8,11-12H,3-4,7H2,1H3. The Labute approximate surface area is 123 Å². The van der Waals surface area contributed by atoms with Gasteiger partial charge in [-0.1, -0.05) is 12.1 Å². The van der Waals surface area contributed by atoms with E-state index in [1.54, 1.807) is 6.07 Å². The Hall–Kier alpha value is -1.30. The van der Waals surface area contributed by atoms with Gasteiger partial charge in [0.2, 0.25) is 0 Å². The van der Waals surface area contributed by atoms with Crippen LogP contribution in [0.5, 0.6) is 5.75 Å². The van der Waals surface area contributed by atoms with Gasteiger partial charge in [-0.2, -0.15) is 13.2 Å². The minimum Gasteiger partial charge on any atom is -0.496 e. The molecule has 3 rings (SSSR count). The van der Waals surface area contributed by atoms with Crippen molar-refractivity contribution in [3.8, 4) is 5.75 Å². The van der Waals surface area contributed by atoms with E-state index < -0.39 is 22.5 Å². The monoisotopic (exact) mass is 316 g/mol. The molecule has 0 radical (unpaired) electrons. The number of rotatable bonds is 2. The summed E-state index contributed by atoms with van der Waals surface area (Å²) in [5.74, 6) is -0.172. The van der Waals surface area contributed by atoms with E-state index in [4.69, 9.17) is 4.74 Å². The number of benzene rings is 1. The van der Waals surface area contributed by atoms with Crippen molar-refractivity contribution in [1.82, 2.24) is 0 Å². The molecule has 2 aliphatic rings. The van der Waals surface area contributed by atoms with Crippen molar-refractivity contribution < 1.29 is 22.1 Å². The Morgan fingerprint density at radius 2 is 2.05 bits per heavy atom. The molecule has 2 heterocycles. The second-order valence-electron chi connectivity index (χ2n) is 5.38. The second kappa shape index (κ2) is 5.16. The summed E-state index contributed by atoms with van der Waals surface area (Å²) >= 11 is 0. The van der Waals surface area contributed by atoms with Crippen LogP contribution in [0.15, 0.2) is 24.3 Å². The second-order valence-corrected chi connectivity index (χ2v) is 7.30. The first-order valence-corrected chi connectivity index (χ1v) is 8.03. The van der Waals surface area contributed by atoms with Crippen molar-refractivity contribution in [2.24, 2.45) is 0 Å². The van der Waals surface area contributed by atoms with E-state index in [9.17, 15) is 17.4 Å². The first-order chi connectivity index (χ1) is 9.90. The lowest BCUT2D eigenvalue weighted by Crippen LogP contribution is -2.20. The van der Waals surface area contributed by atoms with Crippen LogP contribution in [0, 0.1) is 0 Å². The molecule has 1 aromatic carbocycles. The van der Waals surface area contributed by atoms with Gasteiger partial charge in [-0.25, -0.2) is 0 Å². The highest BCUT2D eigenvalue weighted by atomic mass is 32.2. The summed E-state index contributed by atoms with van der Waals surface area (Å²) < 4.78 is 55.9. The molecule has 0 amide bonds. The van der Waals surface area contributed by atoms with Crippen LogP contribution in [0.4, 0.5) is 13.2 Å². The Balaban J connectivity index is 2.01. The van der Waals surface area contributed by atoms with Gasteiger partial charge in [0.25, 0.3) is 0 Å². The molecule has 21 heavy (non-hydrogen) atoms. The average Bonchev–Trinajstić information content (AvgIpc) is 2.66. The highest BCUT2D eigenvalue weighted by molar-refractivity contribution is 7.86. The molecular weight excluding hydrogens is 301 g/mol. The fourth-order valence-electron chi connectivity index (χ4n) is 3.05. The lowest BCUT2D eigenvalue weighted by atomic mass is 9.98. The van der Waals surface area contributed by atoms with Gasteiger partial charge in [0.05, 0.1) is 17.9 Å². The predicted molar refractivity (Wildman–Crippen MR) is 75.5 cm³/mol. The molecule has 0 aromatic heterocycles. The van der Waals surface area contributed by atoms with E-state index in [-0.39, 0.29) is 16.2 Å². The summed E-state index contributed by atoms with van der Waals surface area (Å²) in [6.07, 6.45) is -0.213. The van der Waals surface area contributed by atoms with Gasteiger partial charge in [-0.05, 0) is 42.5 Å². The van der Waals surface area contributed by atoms with Gasteiger partial charge in [0.1, 0.15) is 5.75 Å². The predicted octanol–water partition coefficient (Wildman–Crippen LogP) is 3.78. The minimum atomic E-state index is -4.45. The zero-order valence-electron chi connectivity index (χ0n) is 11.4. The fraction of sp³-hybridized carbons (Fsp3) is 0.467. The van der Waals surface area contributed by atoms with Crippen LogP contribution in [0.1, 0.15) is 30.4 Å². The third-order valence-corrected chi connectivity index (χ3v) is 6.14. The van der Waals surface area contributed by atoms with Crippen LogP contribution in [0.2, 0.25) is 0 Å². The molecule has 3 atom stereocenters. The number of hydrogen-bond acceptors (Lipinski definition) is 2. The van der Waals surface area contributed by atoms with E-state index in [2.05, 4.69) is 0 Å². The Kier molecular flexibility index (Phi) is 3.59. The van der Waals surface area contributed by atoms with E-state index in [1.807, 2.05) is 6.08 Å². The molecule has 3 unspecified atom stereocenters. The van der Waals surface area contributed by atoms with Crippen LogP contribution in [-0.2, 0) is 17.0 Å². The Morgan fingerprint density at radius 1 is 1.29 bits per heavy atom. The molecule has 6 heteroatoms. The molecule has 2 nitrogen and oxygen atoms in total. The minimum absolute atomic E-state index is 0.00446. The summed E-state index contributed by atoms with van der Waals surface area (Å²) in [6.45, 7) is 0. The zero-order chi connectivity index (χ0) is 15.2. The third-order valence-electron chi connectivity index (χ3n) is 4.11. The van der Waals surface area contributed by atoms with Gasteiger partial charge in [0.15, 0.2) is 0 Å². The van der Waals surface area contributed by atoms with E-state index in [0.29, 0.717) is 12.0 Å². The molecule has 1 fully saturated rings. The van der Waals surface area contributed by atoms with Crippen LogP contribution in [0.3, 0.4) is 0 Å². The van der Waals surface area contributed by atoms with Crippen molar-refractivity contribution in [2.45, 2.75) is 35.9 Å². The van der Waals surface area contributed by atoms with Crippen LogP contribution in [-0.4, -0.2) is 21.8 Å². The van der Waals surface area contributed by atoms with Crippen molar-refractivity contribution in [3.63, 3.8) is 0 Å². The molecular formula is C15H15F3O2S. The maximum absolute atomic E-state index is 13.1. The summed E-state index contributed by atoms with van der Waals surface area (Å²) in [6, 6.07) is 4.14. The number of alkyl halides is 3. The number of hydrogen-bond donors (Lipinski definition) is 0. The van der Waals surface area contributed by atoms with Gasteiger partial charge < -0.3 is 4.74 Å². The van der Waals surface area contributed by atoms with E-state index in [1.165, 1.54) is 13.2 Å². The van der Waals surface area contributed by atoms with Gasteiger partial charge in [-0.15, -0.1) is 0 Å². The zero-order valence-corrected chi connectivity index (χ0v) is 12.3. The number of ether oxygens (including phenoxy) is 1. The third kappa shape index (κ3) is 2.61. The molecule has 0 saturated carbocycles. The SMILES string of the molecule is COc1ccc(C2=CC3CCC(C2)S3=O)cc1C(F)(F)F. The first-order valence-electron chi connectivity index (χ1n) is 6.76. The van der Waals surface area contributed by atoms with Crippen molar-refractivity contribution in [2.75, 3.05) is 7.11 Å². The summed E-state index contributed by atoms with van der Waals surface area (Å²) in [5.41, 5.74) is 0.662. The summed E-state index contributed by atoms with van der Waals surface area (Å²) in [4.78, 5) is 0. The fourth-order valence-corrected chi connectivity index (χ4v) is 4.92. The quantitative estimate of drug-likeness (QED) is 0.830. The molecule has 1 aromatic rings. The number of allylic oxidation sites excluding steroid dienone is 1. The maximum Gasteiger partial charge on any atom is 0.419 e. The van der Waals surface area contributed by atoms with Crippen molar-refractivity contribution >= 4 is 16.4 Å². The lowest BCUT2D eigenvalue weighted by molar-refractivity contribution is -0.138. The smallest absolute Gasteiger partial charge is 0.419 e. The van der Waals surface area contributed by atoms with Crippen LogP contribution < -0.4 is 4.74 Å². The molecule has 1 saturated heterocycles. The normalized spacial score (nSPS) is 28.4. The molecule has 0 spiro atoms. The van der Waals surface area contributed by atoms with Crippen molar-refractivity contribution in [3.05, 3.63) is 35.4 Å². The summed E-state index contributed by atoms with van der Waals surface area (Å²) in [7, 11) is 0.365. The molecule has 0 N–H and O–H groups in total. The number of fused-ring (bicyclic) bond motifs is 2. The first kappa shape index (κ1) is 14.6. The maximum atomic E-state index is 13.1. The average molecular weight is 316 g/mol.